The molecule has 1 aliphatic heterocycles. The molecule has 2 fully saturated rings. The number of nitrogens with zero attached hydrogens (tertiary/aromatic N) is 5. The number of nitrogen functional groups attached to an aromatic ring is 2. The van der Waals surface area contributed by atoms with E-state index in [4.69, 9.17) is 28.1 Å². The molecule has 13 heteroatoms. The van der Waals surface area contributed by atoms with Crippen molar-refractivity contribution in [2.75, 3.05) is 36.0 Å². The molecule has 2 aliphatic rings. The molecular weight excluding hydrogens is 496 g/mol. The Balaban J connectivity index is 1.34. The summed E-state index contributed by atoms with van der Waals surface area (Å²) in [5.41, 5.74) is 12.7. The number of hydrogen-bond donors (Lipinski definition) is 4. The number of hydrogen-bond acceptors (Lipinski definition) is 10. The molecule has 3 unspecified atom stereocenters. The van der Waals surface area contributed by atoms with Crippen molar-refractivity contribution < 1.29 is 9.90 Å². The van der Waals surface area contributed by atoms with Crippen LogP contribution in [-0.2, 0) is 5.41 Å². The van der Waals surface area contributed by atoms with Crippen LogP contribution in [0.15, 0.2) is 33.8 Å². The van der Waals surface area contributed by atoms with Crippen molar-refractivity contribution in [2.24, 2.45) is 11.8 Å². The number of carbonyl (C=O) groups is 1. The number of nitrogens with two attached hydrogens (primary N) is 2. The first-order chi connectivity index (χ1) is 16.3. The van der Waals surface area contributed by atoms with E-state index < -0.39 is 6.09 Å². The van der Waals surface area contributed by atoms with Crippen molar-refractivity contribution in [1.82, 2.24) is 25.3 Å². The molecule has 3 aromatic heterocycles. The molecule has 1 amide bonds. The normalized spacial score (nSPS) is 23.4. The summed E-state index contributed by atoms with van der Waals surface area (Å²) in [7, 11) is 0. The second-order valence-corrected chi connectivity index (χ2v) is 10.7. The van der Waals surface area contributed by atoms with Gasteiger partial charge < -0.3 is 26.8 Å². The number of pyridine rings is 1. The third kappa shape index (κ3) is 3.99. The van der Waals surface area contributed by atoms with E-state index in [1.165, 1.54) is 11.8 Å². The Kier molecular flexibility index (Phi) is 5.90. The van der Waals surface area contributed by atoms with E-state index in [-0.39, 0.29) is 17.2 Å². The summed E-state index contributed by atoms with van der Waals surface area (Å²) in [6.45, 7) is 3.84. The van der Waals surface area contributed by atoms with E-state index in [1.807, 2.05) is 12.3 Å². The molecule has 0 radical (unpaired) electrons. The second kappa shape index (κ2) is 8.75. The zero-order chi connectivity index (χ0) is 24.0. The van der Waals surface area contributed by atoms with Crippen LogP contribution in [0.2, 0.25) is 5.02 Å². The number of fused-ring (bicyclic) bond motifs is 1. The van der Waals surface area contributed by atoms with E-state index in [9.17, 15) is 9.90 Å². The van der Waals surface area contributed by atoms with Gasteiger partial charge in [-0.3, -0.25) is 0 Å². The fourth-order valence-electron chi connectivity index (χ4n) is 4.87. The monoisotopic (exact) mass is 518 g/mol. The third-order valence-corrected chi connectivity index (χ3v) is 9.27. The Morgan fingerprint density at radius 3 is 2.88 bits per heavy atom. The van der Waals surface area contributed by atoms with E-state index >= 15 is 0 Å². The molecule has 0 spiro atoms. The van der Waals surface area contributed by atoms with Gasteiger partial charge in [0.1, 0.15) is 21.7 Å². The number of aryl methyl sites for hydroxylation is 1. The van der Waals surface area contributed by atoms with Crippen LogP contribution in [0.4, 0.5) is 22.2 Å². The van der Waals surface area contributed by atoms with Gasteiger partial charge in [-0.25, -0.2) is 24.7 Å². The fraction of sp³-hybridized carbons (Fsp3) is 0.381. The molecule has 1 saturated carbocycles. The van der Waals surface area contributed by atoms with Crippen LogP contribution >= 0.6 is 34.7 Å². The quantitative estimate of drug-likeness (QED) is 0.381. The number of piperidine rings is 1. The molecule has 5 rings (SSSR count). The molecule has 3 atom stereocenters. The number of carboxylic acid groups (broad SMARTS) is 1. The van der Waals surface area contributed by atoms with Crippen LogP contribution in [0, 0.1) is 18.8 Å². The van der Waals surface area contributed by atoms with E-state index in [0.717, 1.165) is 30.2 Å². The number of aromatic nitrogens is 4. The number of rotatable bonds is 6. The second-order valence-electron chi connectivity index (χ2n) is 8.47. The first-order valence-electron chi connectivity index (χ1n) is 10.6. The van der Waals surface area contributed by atoms with Crippen molar-refractivity contribution in [2.45, 2.75) is 28.7 Å². The van der Waals surface area contributed by atoms with Gasteiger partial charge in [0.2, 0.25) is 0 Å². The van der Waals surface area contributed by atoms with Crippen molar-refractivity contribution in [3.63, 3.8) is 0 Å². The zero-order valence-corrected chi connectivity index (χ0v) is 20.6. The summed E-state index contributed by atoms with van der Waals surface area (Å²) in [5.74, 6) is 1.90. The molecule has 4 heterocycles. The number of amides is 1. The minimum absolute atomic E-state index is 0.249. The fourth-order valence-corrected chi connectivity index (χ4v) is 7.01. The highest BCUT2D eigenvalue weighted by atomic mass is 35.5. The maximum Gasteiger partial charge on any atom is 0.404 e. The lowest BCUT2D eigenvalue weighted by Gasteiger charge is -2.27. The number of nitrogens with one attached hydrogen (secondary N) is 1. The van der Waals surface area contributed by atoms with Gasteiger partial charge >= 0.3 is 6.09 Å². The van der Waals surface area contributed by atoms with Crippen LogP contribution in [0.3, 0.4) is 0 Å². The van der Waals surface area contributed by atoms with E-state index in [1.54, 1.807) is 29.8 Å². The maximum absolute atomic E-state index is 11.3. The first-order valence-corrected chi connectivity index (χ1v) is 12.7. The Labute approximate surface area is 209 Å². The number of thiazole rings is 1. The van der Waals surface area contributed by atoms with E-state index in [2.05, 4.69) is 25.2 Å². The predicted molar refractivity (Wildman–Crippen MR) is 133 cm³/mol. The van der Waals surface area contributed by atoms with Crippen molar-refractivity contribution >= 4 is 58.2 Å². The Bertz CT molecular complexity index is 1260. The molecule has 1 saturated heterocycles. The van der Waals surface area contributed by atoms with Crippen LogP contribution in [0.1, 0.15) is 17.1 Å². The molecular formula is C21H23ClN8O2S2. The van der Waals surface area contributed by atoms with Gasteiger partial charge in [0.25, 0.3) is 0 Å². The highest BCUT2D eigenvalue weighted by molar-refractivity contribution is 7.99. The highest BCUT2D eigenvalue weighted by Crippen LogP contribution is 2.63. The van der Waals surface area contributed by atoms with Crippen molar-refractivity contribution in [1.29, 1.82) is 0 Å². The highest BCUT2D eigenvalue weighted by Gasteiger charge is 2.68. The Hall–Kier alpha value is -2.83. The minimum atomic E-state index is -1.02. The number of anilines is 3. The van der Waals surface area contributed by atoms with Gasteiger partial charge in [0.05, 0.1) is 11.2 Å². The minimum Gasteiger partial charge on any atom is -0.465 e. The summed E-state index contributed by atoms with van der Waals surface area (Å²) >= 11 is 9.13. The van der Waals surface area contributed by atoms with Crippen LogP contribution in [0.5, 0.6) is 0 Å². The average molecular weight is 519 g/mol. The molecule has 0 aromatic carbocycles. The molecule has 10 nitrogen and oxygen atoms in total. The van der Waals surface area contributed by atoms with Gasteiger partial charge in [-0.2, -0.15) is 0 Å². The molecule has 34 heavy (non-hydrogen) atoms. The lowest BCUT2D eigenvalue weighted by atomic mass is 10.0. The molecule has 6 N–H and O–H groups in total. The molecule has 3 aromatic rings. The Morgan fingerprint density at radius 1 is 1.35 bits per heavy atom. The standard InChI is InChI=1S/C21H23ClN8O2S2/c1-10-8-33-19(28-10)21(9-27-20(31)32)11-3-5-30(7-12(11)21)14-6-26-18(17(24)29-14)34-13-2-4-25-16(23)15(13)22/h2,4,6,8,11-12,27H,3,5,7,9H2,1H3,(H2,23,25)(H2,24,29)(H,31,32). The summed E-state index contributed by atoms with van der Waals surface area (Å²) < 4.78 is 0. The summed E-state index contributed by atoms with van der Waals surface area (Å²) in [6, 6.07) is 1.75. The van der Waals surface area contributed by atoms with E-state index in [0.29, 0.717) is 39.0 Å². The van der Waals surface area contributed by atoms with Crippen LogP contribution in [0.25, 0.3) is 0 Å². The van der Waals surface area contributed by atoms with Gasteiger partial charge in [0.15, 0.2) is 5.82 Å². The Morgan fingerprint density at radius 2 is 2.18 bits per heavy atom. The largest absolute Gasteiger partial charge is 0.465 e. The van der Waals surface area contributed by atoms with Gasteiger partial charge in [-0.05, 0) is 31.2 Å². The first kappa shape index (κ1) is 22.9. The molecule has 1 aliphatic carbocycles. The SMILES string of the molecule is Cc1csc(C2(CNC(=O)O)C3CCN(c4cnc(Sc5ccnc(N)c5Cl)c(N)n4)CC32)n1. The lowest BCUT2D eigenvalue weighted by Crippen LogP contribution is -2.35. The number of halogens is 1. The maximum atomic E-state index is 11.3. The molecule has 178 valence electrons. The van der Waals surface area contributed by atoms with Gasteiger partial charge in [0, 0.05) is 47.2 Å². The van der Waals surface area contributed by atoms with Gasteiger partial charge in [-0.15, -0.1) is 11.3 Å². The summed E-state index contributed by atoms with van der Waals surface area (Å²) in [4.78, 5) is 31.9. The topological polar surface area (TPSA) is 156 Å². The third-order valence-electron chi connectivity index (χ3n) is 6.54. The van der Waals surface area contributed by atoms with Crippen LogP contribution in [-0.4, -0.2) is 50.8 Å². The zero-order valence-electron chi connectivity index (χ0n) is 18.2. The summed E-state index contributed by atoms with van der Waals surface area (Å²) in [6.07, 6.45) is 3.19. The van der Waals surface area contributed by atoms with Crippen molar-refractivity contribution in [3.05, 3.63) is 39.6 Å². The predicted octanol–water partition coefficient (Wildman–Crippen LogP) is 3.27. The molecule has 0 bridgehead atoms. The average Bonchev–Trinajstić information content (AvgIpc) is 3.25. The van der Waals surface area contributed by atoms with Gasteiger partial charge in [-0.1, -0.05) is 23.4 Å². The van der Waals surface area contributed by atoms with Crippen LogP contribution < -0.4 is 21.7 Å². The smallest absolute Gasteiger partial charge is 0.404 e. The lowest BCUT2D eigenvalue weighted by molar-refractivity contribution is 0.193. The summed E-state index contributed by atoms with van der Waals surface area (Å²) in [5, 5.41) is 15.7. The van der Waals surface area contributed by atoms with Crippen molar-refractivity contribution in [3.8, 4) is 0 Å².